The van der Waals surface area contributed by atoms with E-state index in [9.17, 15) is 4.79 Å². The Bertz CT molecular complexity index is 586. The zero-order valence-corrected chi connectivity index (χ0v) is 13.5. The fourth-order valence-corrected chi connectivity index (χ4v) is 3.61. The van der Waals surface area contributed by atoms with Crippen molar-refractivity contribution in [3.8, 4) is 0 Å². The molecular weight excluding hydrogens is 292 g/mol. The van der Waals surface area contributed by atoms with E-state index in [0.29, 0.717) is 12.5 Å². The molecule has 0 saturated heterocycles. The van der Waals surface area contributed by atoms with Crippen LogP contribution in [0.5, 0.6) is 0 Å². The highest BCUT2D eigenvalue weighted by Gasteiger charge is 2.12. The van der Waals surface area contributed by atoms with Crippen LogP contribution in [0.25, 0.3) is 0 Å². The van der Waals surface area contributed by atoms with Crippen LogP contribution in [0.3, 0.4) is 0 Å². The molecule has 1 heterocycles. The van der Waals surface area contributed by atoms with Crippen LogP contribution in [0.15, 0.2) is 41.8 Å². The van der Waals surface area contributed by atoms with Gasteiger partial charge in [0.05, 0.1) is 6.42 Å². The predicted molar refractivity (Wildman–Crippen MR) is 93.6 cm³/mol. The second kappa shape index (κ2) is 7.45. The molecule has 4 heteroatoms. The van der Waals surface area contributed by atoms with Crippen molar-refractivity contribution in [1.29, 1.82) is 0 Å². The van der Waals surface area contributed by atoms with Crippen LogP contribution in [-0.2, 0) is 11.2 Å². The van der Waals surface area contributed by atoms with Crippen LogP contribution in [0.1, 0.15) is 37.0 Å². The van der Waals surface area contributed by atoms with E-state index in [1.165, 1.54) is 32.1 Å². The zero-order valence-electron chi connectivity index (χ0n) is 12.7. The molecule has 0 atom stereocenters. The number of nitrogens with one attached hydrogen (secondary N) is 2. The summed E-state index contributed by atoms with van der Waals surface area (Å²) in [5, 5.41) is 8.53. The summed E-state index contributed by atoms with van der Waals surface area (Å²) in [5.74, 6) is 0.0374. The monoisotopic (exact) mass is 314 g/mol. The molecule has 116 valence electrons. The summed E-state index contributed by atoms with van der Waals surface area (Å²) in [7, 11) is 0. The Morgan fingerprint density at radius 3 is 2.45 bits per heavy atom. The lowest BCUT2D eigenvalue weighted by Gasteiger charge is -2.23. The average Bonchev–Trinajstić information content (AvgIpc) is 3.03. The van der Waals surface area contributed by atoms with Crippen LogP contribution in [0, 0.1) is 0 Å². The summed E-state index contributed by atoms with van der Waals surface area (Å²) < 4.78 is 0. The molecule has 2 N–H and O–H groups in total. The van der Waals surface area contributed by atoms with Gasteiger partial charge in [0.25, 0.3) is 0 Å². The molecule has 0 spiro atoms. The second-order valence-electron chi connectivity index (χ2n) is 5.86. The lowest BCUT2D eigenvalue weighted by atomic mass is 9.95. The Labute approximate surface area is 135 Å². The van der Waals surface area contributed by atoms with E-state index >= 15 is 0 Å². The molecule has 1 aromatic carbocycles. The number of carbonyl (C=O) groups excluding carboxylic acids is 1. The molecule has 3 nitrogen and oxygen atoms in total. The normalized spacial score (nSPS) is 15.5. The highest BCUT2D eigenvalue weighted by Crippen LogP contribution is 2.22. The molecule has 0 unspecified atom stereocenters. The van der Waals surface area contributed by atoms with Gasteiger partial charge >= 0.3 is 0 Å². The van der Waals surface area contributed by atoms with Gasteiger partial charge in [-0.2, -0.15) is 0 Å². The minimum atomic E-state index is 0.0374. The molecule has 0 aliphatic heterocycles. The zero-order chi connectivity index (χ0) is 15.2. The Morgan fingerprint density at radius 1 is 1.05 bits per heavy atom. The first-order valence-electron chi connectivity index (χ1n) is 7.98. The number of amides is 1. The minimum absolute atomic E-state index is 0.0374. The molecule has 1 fully saturated rings. The van der Waals surface area contributed by atoms with Crippen molar-refractivity contribution < 1.29 is 4.79 Å². The number of hydrogen-bond donors (Lipinski definition) is 2. The molecule has 2 aromatic rings. The van der Waals surface area contributed by atoms with Crippen LogP contribution in [0.2, 0.25) is 0 Å². The van der Waals surface area contributed by atoms with Crippen molar-refractivity contribution in [3.63, 3.8) is 0 Å². The quantitative estimate of drug-likeness (QED) is 0.841. The summed E-state index contributed by atoms with van der Waals surface area (Å²) in [6.45, 7) is 0. The van der Waals surface area contributed by atoms with Gasteiger partial charge in [-0.05, 0) is 48.6 Å². The Hall–Kier alpha value is -1.81. The Morgan fingerprint density at radius 2 is 1.77 bits per heavy atom. The first-order valence-corrected chi connectivity index (χ1v) is 8.86. The number of thiophene rings is 1. The maximum Gasteiger partial charge on any atom is 0.229 e. The van der Waals surface area contributed by atoms with Gasteiger partial charge < -0.3 is 10.6 Å². The van der Waals surface area contributed by atoms with Gasteiger partial charge in [0.2, 0.25) is 5.91 Å². The van der Waals surface area contributed by atoms with Crippen molar-refractivity contribution >= 4 is 28.6 Å². The maximum absolute atomic E-state index is 12.0. The number of benzene rings is 1. The van der Waals surface area contributed by atoms with E-state index in [0.717, 1.165) is 16.3 Å². The van der Waals surface area contributed by atoms with E-state index in [-0.39, 0.29) is 5.91 Å². The Balaban J connectivity index is 1.51. The van der Waals surface area contributed by atoms with E-state index in [1.807, 2.05) is 29.6 Å². The maximum atomic E-state index is 12.0. The van der Waals surface area contributed by atoms with E-state index in [2.05, 4.69) is 22.8 Å². The lowest BCUT2D eigenvalue weighted by Crippen LogP contribution is -2.22. The molecule has 22 heavy (non-hydrogen) atoms. The molecule has 1 aliphatic carbocycles. The van der Waals surface area contributed by atoms with Gasteiger partial charge in [0.1, 0.15) is 0 Å². The largest absolute Gasteiger partial charge is 0.382 e. The topological polar surface area (TPSA) is 41.1 Å². The highest BCUT2D eigenvalue weighted by atomic mass is 32.1. The van der Waals surface area contributed by atoms with Crippen LogP contribution < -0.4 is 10.6 Å². The fourth-order valence-electron chi connectivity index (χ4n) is 2.91. The molecule has 1 saturated carbocycles. The van der Waals surface area contributed by atoms with Crippen molar-refractivity contribution in [2.45, 2.75) is 44.6 Å². The average molecular weight is 314 g/mol. The van der Waals surface area contributed by atoms with Gasteiger partial charge in [0, 0.05) is 22.3 Å². The lowest BCUT2D eigenvalue weighted by molar-refractivity contribution is -0.115. The number of rotatable bonds is 5. The third kappa shape index (κ3) is 4.34. The van der Waals surface area contributed by atoms with Crippen LogP contribution >= 0.6 is 11.3 Å². The first kappa shape index (κ1) is 15.1. The second-order valence-corrected chi connectivity index (χ2v) is 6.89. The molecular formula is C18H22N2OS. The van der Waals surface area contributed by atoms with Crippen molar-refractivity contribution in [3.05, 3.63) is 46.7 Å². The first-order chi connectivity index (χ1) is 10.8. The summed E-state index contributed by atoms with van der Waals surface area (Å²) in [4.78, 5) is 13.1. The van der Waals surface area contributed by atoms with Gasteiger partial charge in [-0.25, -0.2) is 0 Å². The van der Waals surface area contributed by atoms with Crippen molar-refractivity contribution in [2.24, 2.45) is 0 Å². The minimum Gasteiger partial charge on any atom is -0.382 e. The summed E-state index contributed by atoms with van der Waals surface area (Å²) in [6, 6.07) is 12.6. The van der Waals surface area contributed by atoms with Crippen molar-refractivity contribution in [2.75, 3.05) is 10.6 Å². The van der Waals surface area contributed by atoms with Crippen LogP contribution in [0.4, 0.5) is 11.4 Å². The number of carbonyl (C=O) groups is 1. The molecule has 3 rings (SSSR count). The molecule has 0 radical (unpaired) electrons. The van der Waals surface area contributed by atoms with E-state index in [1.54, 1.807) is 11.3 Å². The summed E-state index contributed by atoms with van der Waals surface area (Å²) in [6.07, 6.45) is 6.99. The molecule has 1 aromatic heterocycles. The smallest absolute Gasteiger partial charge is 0.229 e. The Kier molecular flexibility index (Phi) is 5.11. The summed E-state index contributed by atoms with van der Waals surface area (Å²) in [5.41, 5.74) is 2.00. The van der Waals surface area contributed by atoms with Crippen molar-refractivity contribution in [1.82, 2.24) is 0 Å². The highest BCUT2D eigenvalue weighted by molar-refractivity contribution is 7.10. The molecule has 0 bridgehead atoms. The fraction of sp³-hybridized carbons (Fsp3) is 0.389. The van der Waals surface area contributed by atoms with Gasteiger partial charge in [-0.3, -0.25) is 4.79 Å². The third-order valence-electron chi connectivity index (χ3n) is 4.06. The number of hydrogen-bond acceptors (Lipinski definition) is 3. The molecule has 1 aliphatic rings. The summed E-state index contributed by atoms with van der Waals surface area (Å²) >= 11 is 1.61. The third-order valence-corrected chi connectivity index (χ3v) is 4.94. The van der Waals surface area contributed by atoms with E-state index in [4.69, 9.17) is 0 Å². The standard InChI is InChI=1S/C18H22N2OS/c21-18(13-17-7-4-12-22-17)20-16-10-8-15(9-11-16)19-14-5-2-1-3-6-14/h4,7-12,14,19H,1-3,5-6,13H2,(H,20,21). The van der Waals surface area contributed by atoms with Gasteiger partial charge in [-0.15, -0.1) is 11.3 Å². The van der Waals surface area contributed by atoms with Gasteiger partial charge in [0.15, 0.2) is 0 Å². The molecule has 1 amide bonds. The van der Waals surface area contributed by atoms with Crippen LogP contribution in [-0.4, -0.2) is 11.9 Å². The van der Waals surface area contributed by atoms with Gasteiger partial charge in [-0.1, -0.05) is 25.3 Å². The predicted octanol–water partition coefficient (Wildman–Crippen LogP) is 4.67. The number of anilines is 2. The SMILES string of the molecule is O=C(Cc1cccs1)Nc1ccc(NC2CCCCC2)cc1. The van der Waals surface area contributed by atoms with E-state index < -0.39 is 0 Å².